The Bertz CT molecular complexity index is 1220. The lowest BCUT2D eigenvalue weighted by Crippen LogP contribution is -2.41. The summed E-state index contributed by atoms with van der Waals surface area (Å²) in [6.45, 7) is 4.93. The second kappa shape index (κ2) is 9.99. The van der Waals surface area contributed by atoms with Crippen LogP contribution in [0.4, 0.5) is 5.13 Å². The van der Waals surface area contributed by atoms with Gasteiger partial charge in [0.05, 0.1) is 17.1 Å². The number of nitrogens with zero attached hydrogens (tertiary/aromatic N) is 3. The predicted octanol–water partition coefficient (Wildman–Crippen LogP) is 3.85. The molecule has 1 amide bonds. The molecule has 0 saturated carbocycles. The minimum Gasteiger partial charge on any atom is -0.295 e. The van der Waals surface area contributed by atoms with Crippen LogP contribution in [0.3, 0.4) is 0 Å². The lowest BCUT2D eigenvalue weighted by atomic mass is 10.2. The molecule has 0 unspecified atom stereocenters. The molecule has 0 atom stereocenters. The molecule has 1 aromatic heterocycles. The van der Waals surface area contributed by atoms with E-state index in [1.807, 2.05) is 35.7 Å². The van der Waals surface area contributed by atoms with E-state index >= 15 is 0 Å². The van der Waals surface area contributed by atoms with E-state index in [9.17, 15) is 18.0 Å². The maximum atomic E-state index is 13.0. The molecule has 32 heavy (non-hydrogen) atoms. The Hall–Kier alpha value is -3.14. The van der Waals surface area contributed by atoms with E-state index < -0.39 is 15.9 Å². The zero-order valence-corrected chi connectivity index (χ0v) is 19.4. The Balaban J connectivity index is 1.79. The van der Waals surface area contributed by atoms with E-state index in [1.54, 1.807) is 6.08 Å². The Kier molecular flexibility index (Phi) is 7.34. The number of aromatic nitrogens is 1. The Morgan fingerprint density at radius 2 is 1.75 bits per heavy atom. The number of amides is 1. The van der Waals surface area contributed by atoms with Crippen LogP contribution >= 0.6 is 11.3 Å². The van der Waals surface area contributed by atoms with Crippen LogP contribution in [0.5, 0.6) is 0 Å². The number of likely N-dealkylation sites (N-methyl/N-ethyl adjacent to an activating group) is 1. The molecule has 0 radical (unpaired) electrons. The standard InChI is InChI=1S/C23H23N3O4S2/c1-4-14-26(23-24-21(16-31-23)19-8-6-5-7-9-19)22(28)15-25(3)32(29,30)20-12-10-18(11-13-20)17(2)27/h4-13,16H,1,14-15H2,2-3H3. The molecule has 0 fully saturated rings. The first-order valence-corrected chi connectivity index (χ1v) is 12.1. The third-order valence-corrected chi connectivity index (χ3v) is 7.41. The van der Waals surface area contributed by atoms with E-state index in [1.165, 1.54) is 54.5 Å². The maximum absolute atomic E-state index is 13.0. The van der Waals surface area contributed by atoms with Crippen LogP contribution < -0.4 is 4.90 Å². The zero-order chi connectivity index (χ0) is 23.3. The van der Waals surface area contributed by atoms with Crippen molar-refractivity contribution >= 4 is 38.2 Å². The van der Waals surface area contributed by atoms with Crippen LogP contribution in [0.15, 0.2) is 77.5 Å². The van der Waals surface area contributed by atoms with Gasteiger partial charge in [0.1, 0.15) is 0 Å². The highest BCUT2D eigenvalue weighted by Gasteiger charge is 2.27. The van der Waals surface area contributed by atoms with Crippen molar-refractivity contribution in [3.8, 4) is 11.3 Å². The first kappa shape index (κ1) is 23.5. The summed E-state index contributed by atoms with van der Waals surface area (Å²) in [4.78, 5) is 30.4. The Labute approximate surface area is 191 Å². The summed E-state index contributed by atoms with van der Waals surface area (Å²) in [6.07, 6.45) is 1.57. The number of sulfonamides is 1. The molecule has 2 aromatic carbocycles. The van der Waals surface area contributed by atoms with Crippen LogP contribution in [-0.2, 0) is 14.8 Å². The molecule has 3 rings (SSSR count). The third kappa shape index (κ3) is 5.18. The fraction of sp³-hybridized carbons (Fsp3) is 0.174. The zero-order valence-electron chi connectivity index (χ0n) is 17.8. The lowest BCUT2D eigenvalue weighted by Gasteiger charge is -2.22. The van der Waals surface area contributed by atoms with Crippen molar-refractivity contribution in [2.24, 2.45) is 0 Å². The number of carbonyl (C=O) groups excluding carboxylic acids is 2. The average molecular weight is 470 g/mol. The van der Waals surface area contributed by atoms with E-state index in [0.717, 1.165) is 15.6 Å². The van der Waals surface area contributed by atoms with Crippen molar-refractivity contribution in [3.05, 3.63) is 78.2 Å². The summed E-state index contributed by atoms with van der Waals surface area (Å²) in [7, 11) is -2.57. The Morgan fingerprint density at radius 3 is 2.34 bits per heavy atom. The first-order valence-electron chi connectivity index (χ1n) is 9.73. The van der Waals surface area contributed by atoms with Crippen LogP contribution in [0.1, 0.15) is 17.3 Å². The van der Waals surface area contributed by atoms with Crippen molar-refractivity contribution in [2.45, 2.75) is 11.8 Å². The van der Waals surface area contributed by atoms with Crippen LogP contribution in [0, 0.1) is 0 Å². The van der Waals surface area contributed by atoms with Gasteiger partial charge < -0.3 is 0 Å². The fourth-order valence-electron chi connectivity index (χ4n) is 2.95. The molecular formula is C23H23N3O4S2. The van der Waals surface area contributed by atoms with Crippen molar-refractivity contribution < 1.29 is 18.0 Å². The summed E-state index contributed by atoms with van der Waals surface area (Å²) < 4.78 is 26.8. The largest absolute Gasteiger partial charge is 0.295 e. The smallest absolute Gasteiger partial charge is 0.244 e. The number of hydrogen-bond acceptors (Lipinski definition) is 6. The number of rotatable bonds is 9. The SMILES string of the molecule is C=CCN(C(=O)CN(C)S(=O)(=O)c1ccc(C(C)=O)cc1)c1nc(-c2ccccc2)cs1. The van der Waals surface area contributed by atoms with Gasteiger partial charge in [0.2, 0.25) is 15.9 Å². The van der Waals surface area contributed by atoms with E-state index in [-0.39, 0.29) is 23.8 Å². The number of Topliss-reactive ketones (excluding diaryl/α,β-unsaturated/α-hetero) is 1. The molecule has 0 N–H and O–H groups in total. The van der Waals surface area contributed by atoms with Gasteiger partial charge in [-0.15, -0.1) is 17.9 Å². The van der Waals surface area contributed by atoms with E-state index in [0.29, 0.717) is 10.7 Å². The van der Waals surface area contributed by atoms with Gasteiger partial charge in [-0.3, -0.25) is 14.5 Å². The van der Waals surface area contributed by atoms with Gasteiger partial charge in [-0.05, 0) is 19.1 Å². The number of benzene rings is 2. The highest BCUT2D eigenvalue weighted by molar-refractivity contribution is 7.89. The molecule has 166 valence electrons. The molecule has 0 aliphatic rings. The summed E-state index contributed by atoms with van der Waals surface area (Å²) in [5.74, 6) is -0.582. The topological polar surface area (TPSA) is 87.7 Å². The molecule has 1 heterocycles. The molecule has 0 saturated heterocycles. The van der Waals surface area contributed by atoms with Crippen LogP contribution in [-0.4, -0.2) is 49.5 Å². The number of carbonyl (C=O) groups is 2. The second-order valence-electron chi connectivity index (χ2n) is 7.02. The second-order valence-corrected chi connectivity index (χ2v) is 9.90. The van der Waals surface area contributed by atoms with Gasteiger partial charge in [-0.25, -0.2) is 13.4 Å². The number of hydrogen-bond donors (Lipinski definition) is 0. The average Bonchev–Trinajstić information content (AvgIpc) is 3.27. The highest BCUT2D eigenvalue weighted by atomic mass is 32.2. The molecule has 0 aliphatic heterocycles. The predicted molar refractivity (Wildman–Crippen MR) is 126 cm³/mol. The number of thiazole rings is 1. The van der Waals surface area contributed by atoms with Crippen LogP contribution in [0.2, 0.25) is 0 Å². The van der Waals surface area contributed by atoms with Gasteiger partial charge in [-0.2, -0.15) is 4.31 Å². The van der Waals surface area contributed by atoms with Crippen molar-refractivity contribution in [3.63, 3.8) is 0 Å². The molecule has 0 aliphatic carbocycles. The summed E-state index contributed by atoms with van der Waals surface area (Å²) in [5.41, 5.74) is 2.08. The lowest BCUT2D eigenvalue weighted by molar-refractivity contribution is -0.118. The summed E-state index contributed by atoms with van der Waals surface area (Å²) in [6, 6.07) is 15.2. The van der Waals surface area contributed by atoms with Gasteiger partial charge in [-0.1, -0.05) is 48.5 Å². The van der Waals surface area contributed by atoms with Gasteiger partial charge in [0, 0.05) is 30.1 Å². The normalized spacial score (nSPS) is 11.3. The molecular weight excluding hydrogens is 446 g/mol. The quantitative estimate of drug-likeness (QED) is 0.351. The van der Waals surface area contributed by atoms with Crippen molar-refractivity contribution in [2.75, 3.05) is 25.0 Å². The summed E-state index contributed by atoms with van der Waals surface area (Å²) in [5, 5.41) is 2.32. The molecule has 7 nitrogen and oxygen atoms in total. The molecule has 0 spiro atoms. The first-order chi connectivity index (χ1) is 15.2. The number of ketones is 1. The maximum Gasteiger partial charge on any atom is 0.244 e. The van der Waals surface area contributed by atoms with Gasteiger partial charge >= 0.3 is 0 Å². The number of anilines is 1. The van der Waals surface area contributed by atoms with E-state index in [2.05, 4.69) is 11.6 Å². The fourth-order valence-corrected chi connectivity index (χ4v) is 4.93. The Morgan fingerprint density at radius 1 is 1.09 bits per heavy atom. The van der Waals surface area contributed by atoms with Crippen LogP contribution in [0.25, 0.3) is 11.3 Å². The summed E-state index contributed by atoms with van der Waals surface area (Å²) >= 11 is 1.30. The minimum atomic E-state index is -3.91. The third-order valence-electron chi connectivity index (χ3n) is 4.73. The molecule has 3 aromatic rings. The minimum absolute atomic E-state index is 0.00804. The van der Waals surface area contributed by atoms with Crippen molar-refractivity contribution in [1.82, 2.24) is 9.29 Å². The highest BCUT2D eigenvalue weighted by Crippen LogP contribution is 2.28. The monoisotopic (exact) mass is 469 g/mol. The van der Waals surface area contributed by atoms with Crippen molar-refractivity contribution in [1.29, 1.82) is 0 Å². The van der Waals surface area contributed by atoms with E-state index in [4.69, 9.17) is 0 Å². The molecule has 9 heteroatoms. The van der Waals surface area contributed by atoms with Gasteiger partial charge in [0.15, 0.2) is 10.9 Å². The van der Waals surface area contributed by atoms with Gasteiger partial charge in [0.25, 0.3) is 0 Å². The molecule has 0 bridgehead atoms.